The summed E-state index contributed by atoms with van der Waals surface area (Å²) in [5.74, 6) is 0.681. The van der Waals surface area contributed by atoms with Crippen LogP contribution in [0, 0.1) is 6.92 Å². The van der Waals surface area contributed by atoms with E-state index in [1.807, 2.05) is 0 Å². The van der Waals surface area contributed by atoms with Crippen molar-refractivity contribution in [2.75, 3.05) is 5.88 Å². The zero-order valence-corrected chi connectivity index (χ0v) is 3.26. The summed E-state index contributed by atoms with van der Waals surface area (Å²) in [6.07, 6.45) is 0.835. The third kappa shape index (κ3) is 2.29. The standard InChI is InChI=1S/C3H6Cl/c1-2-3-4/h1-3H2. The summed E-state index contributed by atoms with van der Waals surface area (Å²) in [7, 11) is 0. The van der Waals surface area contributed by atoms with E-state index >= 15 is 0 Å². The predicted molar refractivity (Wildman–Crippen MR) is 20.7 cm³/mol. The van der Waals surface area contributed by atoms with Crippen LogP contribution < -0.4 is 0 Å². The Bertz CT molecular complexity index is 5.25. The summed E-state index contributed by atoms with van der Waals surface area (Å²) in [5.41, 5.74) is 0. The van der Waals surface area contributed by atoms with Gasteiger partial charge in [0.2, 0.25) is 0 Å². The Morgan fingerprint density at radius 3 is 2.00 bits per heavy atom. The van der Waals surface area contributed by atoms with Crippen molar-refractivity contribution in [3.05, 3.63) is 6.92 Å². The monoisotopic (exact) mass is 77.0 g/mol. The third-order valence-electron chi connectivity index (χ3n) is 0.134. The van der Waals surface area contributed by atoms with E-state index in [4.69, 9.17) is 11.6 Å². The summed E-state index contributed by atoms with van der Waals surface area (Å²) in [4.78, 5) is 0. The lowest BCUT2D eigenvalue weighted by atomic mass is 10.6. The quantitative estimate of drug-likeness (QED) is 0.416. The summed E-state index contributed by atoms with van der Waals surface area (Å²) < 4.78 is 0. The summed E-state index contributed by atoms with van der Waals surface area (Å²) >= 11 is 5.12. The van der Waals surface area contributed by atoms with Gasteiger partial charge in [0.05, 0.1) is 0 Å². The molecule has 0 spiro atoms. The molecule has 0 aliphatic rings. The van der Waals surface area contributed by atoms with E-state index in [0.29, 0.717) is 5.88 Å². The number of alkyl halides is 1. The normalized spacial score (nSPS) is 7.50. The fraction of sp³-hybridized carbons (Fsp3) is 0.667. The molecule has 0 aromatic heterocycles. The van der Waals surface area contributed by atoms with E-state index in [-0.39, 0.29) is 0 Å². The molecule has 0 rings (SSSR count). The van der Waals surface area contributed by atoms with Crippen molar-refractivity contribution >= 4 is 11.6 Å². The van der Waals surface area contributed by atoms with Crippen molar-refractivity contribution in [3.63, 3.8) is 0 Å². The van der Waals surface area contributed by atoms with Crippen LogP contribution >= 0.6 is 11.6 Å². The number of halogens is 1. The van der Waals surface area contributed by atoms with Crippen molar-refractivity contribution in [2.45, 2.75) is 6.42 Å². The molecule has 0 N–H and O–H groups in total. The van der Waals surface area contributed by atoms with E-state index in [1.165, 1.54) is 0 Å². The van der Waals surface area contributed by atoms with Crippen LogP contribution in [0.5, 0.6) is 0 Å². The van der Waals surface area contributed by atoms with Gasteiger partial charge in [-0.25, -0.2) is 0 Å². The highest BCUT2D eigenvalue weighted by molar-refractivity contribution is 6.17. The first-order chi connectivity index (χ1) is 1.91. The summed E-state index contributed by atoms with van der Waals surface area (Å²) in [5, 5.41) is 0. The van der Waals surface area contributed by atoms with Gasteiger partial charge in [-0.2, -0.15) is 0 Å². The number of hydrogen-bond donors (Lipinski definition) is 0. The summed E-state index contributed by atoms with van der Waals surface area (Å²) in [6.45, 7) is 3.47. The minimum absolute atomic E-state index is 0.681. The highest BCUT2D eigenvalue weighted by Gasteiger charge is 1.59. The van der Waals surface area contributed by atoms with Crippen LogP contribution in [0.25, 0.3) is 0 Å². The average Bonchev–Trinajstić information content (AvgIpc) is 1.37. The van der Waals surface area contributed by atoms with Crippen LogP contribution in [0.3, 0.4) is 0 Å². The molecule has 0 unspecified atom stereocenters. The lowest BCUT2D eigenvalue weighted by Crippen LogP contribution is -1.56. The van der Waals surface area contributed by atoms with Gasteiger partial charge in [-0.3, -0.25) is 0 Å². The smallest absolute Gasteiger partial charge is 0.0223 e. The molecule has 0 bridgehead atoms. The van der Waals surface area contributed by atoms with Crippen LogP contribution in [-0.2, 0) is 0 Å². The van der Waals surface area contributed by atoms with Gasteiger partial charge in [-0.05, 0) is 6.42 Å². The minimum atomic E-state index is 0.681. The fourth-order valence-electron chi connectivity index (χ4n) is 0. The first-order valence-corrected chi connectivity index (χ1v) is 1.80. The highest BCUT2D eigenvalue weighted by atomic mass is 35.5. The average molecular weight is 77.5 g/mol. The van der Waals surface area contributed by atoms with Crippen molar-refractivity contribution < 1.29 is 0 Å². The molecule has 0 aromatic carbocycles. The zero-order valence-electron chi connectivity index (χ0n) is 2.50. The maximum absolute atomic E-state index is 5.12. The van der Waals surface area contributed by atoms with Gasteiger partial charge in [0, 0.05) is 5.88 Å². The van der Waals surface area contributed by atoms with E-state index < -0.39 is 0 Å². The highest BCUT2D eigenvalue weighted by Crippen LogP contribution is 1.75. The molecule has 0 saturated heterocycles. The lowest BCUT2D eigenvalue weighted by molar-refractivity contribution is 1.24. The number of hydrogen-bond acceptors (Lipinski definition) is 0. The second-order valence-corrected chi connectivity index (χ2v) is 0.921. The molecule has 0 atom stereocenters. The molecular formula is C3H6Cl. The zero-order chi connectivity index (χ0) is 3.41. The van der Waals surface area contributed by atoms with Crippen LogP contribution in [0.4, 0.5) is 0 Å². The first kappa shape index (κ1) is 4.29. The molecule has 1 heteroatoms. The van der Waals surface area contributed by atoms with Gasteiger partial charge in [-0.1, -0.05) is 6.92 Å². The van der Waals surface area contributed by atoms with Gasteiger partial charge in [-0.15, -0.1) is 11.6 Å². The number of rotatable bonds is 1. The molecule has 0 saturated carbocycles. The molecule has 0 aromatic rings. The molecule has 25 valence electrons. The molecule has 0 nitrogen and oxygen atoms in total. The van der Waals surface area contributed by atoms with E-state index in [9.17, 15) is 0 Å². The molecule has 0 fully saturated rings. The van der Waals surface area contributed by atoms with E-state index in [2.05, 4.69) is 6.92 Å². The Kier molecular flexibility index (Phi) is 3.53. The topological polar surface area (TPSA) is 0 Å². The van der Waals surface area contributed by atoms with Gasteiger partial charge in [0.25, 0.3) is 0 Å². The Hall–Kier alpha value is 0.290. The Morgan fingerprint density at radius 2 is 2.00 bits per heavy atom. The van der Waals surface area contributed by atoms with Crippen LogP contribution in [0.1, 0.15) is 6.42 Å². The van der Waals surface area contributed by atoms with E-state index in [1.54, 1.807) is 0 Å². The predicted octanol–water partition coefficient (Wildman–Crippen LogP) is 1.45. The Morgan fingerprint density at radius 1 is 1.75 bits per heavy atom. The van der Waals surface area contributed by atoms with Crippen molar-refractivity contribution in [1.82, 2.24) is 0 Å². The first-order valence-electron chi connectivity index (χ1n) is 1.27. The van der Waals surface area contributed by atoms with E-state index in [0.717, 1.165) is 6.42 Å². The minimum Gasteiger partial charge on any atom is -0.127 e. The molecular weight excluding hydrogens is 71.5 g/mol. The molecule has 1 radical (unpaired) electrons. The van der Waals surface area contributed by atoms with Crippen LogP contribution in [0.15, 0.2) is 0 Å². The molecule has 0 aliphatic heterocycles. The maximum Gasteiger partial charge on any atom is 0.0223 e. The SMILES string of the molecule is [CH2]CCCl. The molecule has 0 aliphatic carbocycles. The third-order valence-corrected chi connectivity index (χ3v) is 0.401. The molecule has 0 heterocycles. The van der Waals surface area contributed by atoms with Gasteiger partial charge < -0.3 is 0 Å². The van der Waals surface area contributed by atoms with Crippen LogP contribution in [0.2, 0.25) is 0 Å². The van der Waals surface area contributed by atoms with Gasteiger partial charge in [0.1, 0.15) is 0 Å². The van der Waals surface area contributed by atoms with Crippen molar-refractivity contribution in [2.24, 2.45) is 0 Å². The molecule has 0 amide bonds. The van der Waals surface area contributed by atoms with Gasteiger partial charge >= 0.3 is 0 Å². The van der Waals surface area contributed by atoms with Crippen molar-refractivity contribution in [3.8, 4) is 0 Å². The Labute approximate surface area is 31.8 Å². The van der Waals surface area contributed by atoms with Gasteiger partial charge in [0.15, 0.2) is 0 Å². The second-order valence-electron chi connectivity index (χ2n) is 0.543. The second kappa shape index (κ2) is 3.29. The van der Waals surface area contributed by atoms with Crippen LogP contribution in [-0.4, -0.2) is 5.88 Å². The Balaban J connectivity index is 1.97. The largest absolute Gasteiger partial charge is 0.127 e. The maximum atomic E-state index is 5.12. The lowest BCUT2D eigenvalue weighted by Gasteiger charge is -1.65. The summed E-state index contributed by atoms with van der Waals surface area (Å²) in [6, 6.07) is 0. The molecule has 4 heavy (non-hydrogen) atoms. The fourth-order valence-corrected chi connectivity index (χ4v) is 0. The van der Waals surface area contributed by atoms with Crippen molar-refractivity contribution in [1.29, 1.82) is 0 Å².